The minimum atomic E-state index is -0.465. The van der Waals surface area contributed by atoms with Crippen LogP contribution in [0.1, 0.15) is 23.3 Å². The van der Waals surface area contributed by atoms with Gasteiger partial charge in [-0.25, -0.2) is 4.98 Å². The SMILES string of the molecule is COc1ccc(-c2nc(C(=O)N3CCC4(CC3)OCCO4)cs2)cc1. The molecule has 1 amide bonds. The third kappa shape index (κ3) is 3.27. The average Bonchev–Trinajstić information content (AvgIpc) is 3.32. The largest absolute Gasteiger partial charge is 0.497 e. The number of aromatic nitrogens is 1. The number of benzene rings is 1. The van der Waals surface area contributed by atoms with E-state index in [4.69, 9.17) is 14.2 Å². The molecule has 1 spiro atoms. The second-order valence-electron chi connectivity index (χ2n) is 6.17. The summed E-state index contributed by atoms with van der Waals surface area (Å²) >= 11 is 1.48. The predicted molar refractivity (Wildman–Crippen MR) is 93.9 cm³/mol. The highest BCUT2D eigenvalue weighted by Crippen LogP contribution is 2.32. The standard InChI is InChI=1S/C18H20N2O4S/c1-22-14-4-2-13(3-5-14)16-19-15(12-25-16)17(21)20-8-6-18(7-9-20)23-10-11-24-18/h2-5,12H,6-11H2,1H3. The molecule has 25 heavy (non-hydrogen) atoms. The Morgan fingerprint density at radius 1 is 1.20 bits per heavy atom. The van der Waals surface area contributed by atoms with E-state index >= 15 is 0 Å². The van der Waals surface area contributed by atoms with Crippen LogP contribution in [-0.4, -0.2) is 55.0 Å². The van der Waals surface area contributed by atoms with E-state index in [2.05, 4.69) is 4.98 Å². The van der Waals surface area contributed by atoms with E-state index in [1.54, 1.807) is 7.11 Å². The first-order valence-corrected chi connectivity index (χ1v) is 9.24. The summed E-state index contributed by atoms with van der Waals surface area (Å²) in [4.78, 5) is 19.1. The maximum absolute atomic E-state index is 12.7. The number of amides is 1. The van der Waals surface area contributed by atoms with Gasteiger partial charge >= 0.3 is 0 Å². The number of hydrogen-bond acceptors (Lipinski definition) is 6. The lowest BCUT2D eigenvalue weighted by Gasteiger charge is -2.37. The van der Waals surface area contributed by atoms with E-state index in [1.807, 2.05) is 34.5 Å². The van der Waals surface area contributed by atoms with Gasteiger partial charge in [-0.1, -0.05) is 0 Å². The summed E-state index contributed by atoms with van der Waals surface area (Å²) in [7, 11) is 1.64. The van der Waals surface area contributed by atoms with Crippen molar-refractivity contribution in [2.75, 3.05) is 33.4 Å². The minimum absolute atomic E-state index is 0.0242. The normalized spacial score (nSPS) is 19.3. The van der Waals surface area contributed by atoms with E-state index in [-0.39, 0.29) is 5.91 Å². The fraction of sp³-hybridized carbons (Fsp3) is 0.444. The van der Waals surface area contributed by atoms with Gasteiger partial charge in [0.2, 0.25) is 0 Å². The van der Waals surface area contributed by atoms with Gasteiger partial charge in [-0.2, -0.15) is 0 Å². The van der Waals surface area contributed by atoms with Gasteiger partial charge in [-0.05, 0) is 24.3 Å². The highest BCUT2D eigenvalue weighted by molar-refractivity contribution is 7.13. The van der Waals surface area contributed by atoms with Crippen molar-refractivity contribution in [3.8, 4) is 16.3 Å². The molecule has 6 nitrogen and oxygen atoms in total. The first kappa shape index (κ1) is 16.5. The van der Waals surface area contributed by atoms with Crippen LogP contribution in [0.25, 0.3) is 10.6 Å². The molecule has 3 heterocycles. The van der Waals surface area contributed by atoms with Gasteiger partial charge in [0.05, 0.1) is 20.3 Å². The smallest absolute Gasteiger partial charge is 0.273 e. The van der Waals surface area contributed by atoms with Crippen molar-refractivity contribution in [1.29, 1.82) is 0 Å². The Kier molecular flexibility index (Phi) is 4.45. The Labute approximate surface area is 150 Å². The third-order valence-electron chi connectivity index (χ3n) is 4.69. The quantitative estimate of drug-likeness (QED) is 0.842. The monoisotopic (exact) mass is 360 g/mol. The van der Waals surface area contributed by atoms with E-state index in [9.17, 15) is 4.79 Å². The Balaban J connectivity index is 1.43. The molecule has 2 aromatic rings. The molecule has 132 valence electrons. The van der Waals surface area contributed by atoms with Crippen LogP contribution in [0.2, 0.25) is 0 Å². The van der Waals surface area contributed by atoms with Gasteiger partial charge < -0.3 is 19.1 Å². The van der Waals surface area contributed by atoms with Gasteiger partial charge in [0, 0.05) is 36.9 Å². The summed E-state index contributed by atoms with van der Waals surface area (Å²) in [6, 6.07) is 7.69. The molecular weight excluding hydrogens is 340 g/mol. The topological polar surface area (TPSA) is 60.9 Å². The van der Waals surface area contributed by atoms with Gasteiger partial charge in [0.15, 0.2) is 5.79 Å². The number of ether oxygens (including phenoxy) is 3. The number of piperidine rings is 1. The molecule has 0 N–H and O–H groups in total. The Bertz CT molecular complexity index is 743. The maximum atomic E-state index is 12.7. The van der Waals surface area contributed by atoms with Crippen LogP contribution in [0.3, 0.4) is 0 Å². The molecule has 0 aliphatic carbocycles. The summed E-state index contributed by atoms with van der Waals surface area (Å²) in [5.41, 5.74) is 1.48. The Hall–Kier alpha value is -1.96. The summed E-state index contributed by atoms with van der Waals surface area (Å²) in [5.74, 6) is 0.312. The van der Waals surface area contributed by atoms with Crippen LogP contribution in [0, 0.1) is 0 Å². The predicted octanol–water partition coefficient (Wildman–Crippen LogP) is 2.80. The molecule has 0 bridgehead atoms. The first-order chi connectivity index (χ1) is 12.2. The molecule has 0 saturated carbocycles. The van der Waals surface area contributed by atoms with Gasteiger partial charge in [0.1, 0.15) is 16.5 Å². The molecule has 2 aliphatic heterocycles. The molecule has 1 aromatic heterocycles. The van der Waals surface area contributed by atoms with Crippen LogP contribution in [-0.2, 0) is 9.47 Å². The number of carbonyl (C=O) groups is 1. The molecule has 0 unspecified atom stereocenters. The van der Waals surface area contributed by atoms with E-state index in [0.29, 0.717) is 44.8 Å². The zero-order valence-corrected chi connectivity index (χ0v) is 14.9. The second kappa shape index (κ2) is 6.74. The molecule has 7 heteroatoms. The number of likely N-dealkylation sites (tertiary alicyclic amines) is 1. The number of nitrogens with zero attached hydrogens (tertiary/aromatic N) is 2. The first-order valence-electron chi connectivity index (χ1n) is 8.36. The van der Waals surface area contributed by atoms with Crippen LogP contribution in [0.15, 0.2) is 29.6 Å². The third-order valence-corrected chi connectivity index (χ3v) is 5.58. The summed E-state index contributed by atoms with van der Waals surface area (Å²) in [5, 5.41) is 2.66. The van der Waals surface area contributed by atoms with Crippen molar-refractivity contribution in [2.45, 2.75) is 18.6 Å². The highest BCUT2D eigenvalue weighted by atomic mass is 32.1. The average molecular weight is 360 g/mol. The molecular formula is C18H20N2O4S. The summed E-state index contributed by atoms with van der Waals surface area (Å²) in [6.07, 6.45) is 1.43. The van der Waals surface area contributed by atoms with Crippen LogP contribution in [0.5, 0.6) is 5.75 Å². The van der Waals surface area contributed by atoms with Crippen LogP contribution >= 0.6 is 11.3 Å². The fourth-order valence-electron chi connectivity index (χ4n) is 3.24. The molecule has 0 radical (unpaired) electrons. The van der Waals surface area contributed by atoms with E-state index < -0.39 is 5.79 Å². The molecule has 2 aliphatic rings. The Morgan fingerprint density at radius 3 is 2.52 bits per heavy atom. The van der Waals surface area contributed by atoms with E-state index in [1.165, 1.54) is 11.3 Å². The molecule has 4 rings (SSSR count). The number of methoxy groups -OCH3 is 1. The molecule has 0 atom stereocenters. The van der Waals surface area contributed by atoms with Gasteiger partial charge in [0.25, 0.3) is 5.91 Å². The van der Waals surface area contributed by atoms with Crippen molar-refractivity contribution in [3.63, 3.8) is 0 Å². The zero-order valence-electron chi connectivity index (χ0n) is 14.1. The molecule has 2 fully saturated rings. The van der Waals surface area contributed by atoms with Crippen molar-refractivity contribution in [3.05, 3.63) is 35.3 Å². The van der Waals surface area contributed by atoms with E-state index in [0.717, 1.165) is 16.3 Å². The number of hydrogen-bond donors (Lipinski definition) is 0. The molecule has 1 aromatic carbocycles. The zero-order chi connectivity index (χ0) is 17.3. The van der Waals surface area contributed by atoms with Gasteiger partial charge in [-0.15, -0.1) is 11.3 Å². The lowest BCUT2D eigenvalue weighted by Crippen LogP contribution is -2.47. The summed E-state index contributed by atoms with van der Waals surface area (Å²) in [6.45, 7) is 2.55. The van der Waals surface area contributed by atoms with Crippen molar-refractivity contribution in [1.82, 2.24) is 9.88 Å². The van der Waals surface area contributed by atoms with Crippen LogP contribution in [0.4, 0.5) is 0 Å². The number of carbonyl (C=O) groups excluding carboxylic acids is 1. The lowest BCUT2D eigenvalue weighted by molar-refractivity contribution is -0.181. The van der Waals surface area contributed by atoms with Crippen molar-refractivity contribution >= 4 is 17.2 Å². The minimum Gasteiger partial charge on any atom is -0.497 e. The fourth-order valence-corrected chi connectivity index (χ4v) is 4.04. The summed E-state index contributed by atoms with van der Waals surface area (Å²) < 4.78 is 16.6. The number of thiazole rings is 1. The number of rotatable bonds is 3. The second-order valence-corrected chi connectivity index (χ2v) is 7.02. The Morgan fingerprint density at radius 2 is 1.88 bits per heavy atom. The lowest BCUT2D eigenvalue weighted by atomic mass is 10.0. The van der Waals surface area contributed by atoms with Crippen LogP contribution < -0.4 is 4.74 Å². The molecule has 2 saturated heterocycles. The van der Waals surface area contributed by atoms with Crippen molar-refractivity contribution < 1.29 is 19.0 Å². The maximum Gasteiger partial charge on any atom is 0.273 e. The highest BCUT2D eigenvalue weighted by Gasteiger charge is 2.41. The van der Waals surface area contributed by atoms with Crippen molar-refractivity contribution in [2.24, 2.45) is 0 Å². The van der Waals surface area contributed by atoms with Gasteiger partial charge in [-0.3, -0.25) is 4.79 Å².